The van der Waals surface area contributed by atoms with Crippen LogP contribution in [0.25, 0.3) is 0 Å². The molecule has 1 unspecified atom stereocenters. The predicted octanol–water partition coefficient (Wildman–Crippen LogP) is 3.94. The summed E-state index contributed by atoms with van der Waals surface area (Å²) in [6, 6.07) is 11.2. The standard InChI is InChI=1S/C13H14FNS2/c1-15-12(13-3-2-8-16-13)9-17-11-6-4-10(14)5-7-11/h2-8,12,15H,9H2,1H3. The number of halogens is 1. The van der Waals surface area contributed by atoms with E-state index in [0.29, 0.717) is 6.04 Å². The van der Waals surface area contributed by atoms with E-state index < -0.39 is 0 Å². The third-order valence-electron chi connectivity index (χ3n) is 2.47. The van der Waals surface area contributed by atoms with Gasteiger partial charge in [0.05, 0.1) is 6.04 Å². The van der Waals surface area contributed by atoms with Crippen LogP contribution >= 0.6 is 23.1 Å². The van der Waals surface area contributed by atoms with Crippen molar-refractivity contribution in [2.75, 3.05) is 12.8 Å². The summed E-state index contributed by atoms with van der Waals surface area (Å²) < 4.78 is 12.8. The zero-order chi connectivity index (χ0) is 12.1. The summed E-state index contributed by atoms with van der Waals surface area (Å²) in [7, 11) is 1.97. The number of thiophene rings is 1. The zero-order valence-electron chi connectivity index (χ0n) is 9.52. The first-order chi connectivity index (χ1) is 8.29. The lowest BCUT2D eigenvalue weighted by atomic mass is 10.3. The number of benzene rings is 1. The van der Waals surface area contributed by atoms with Gasteiger partial charge in [0.25, 0.3) is 0 Å². The third-order valence-corrected chi connectivity index (χ3v) is 4.56. The van der Waals surface area contributed by atoms with Crippen molar-refractivity contribution in [2.24, 2.45) is 0 Å². The molecule has 1 N–H and O–H groups in total. The van der Waals surface area contributed by atoms with Crippen molar-refractivity contribution in [3.05, 3.63) is 52.5 Å². The van der Waals surface area contributed by atoms with E-state index in [-0.39, 0.29) is 5.82 Å². The molecule has 0 bridgehead atoms. The number of nitrogens with one attached hydrogen (secondary N) is 1. The monoisotopic (exact) mass is 267 g/mol. The highest BCUT2D eigenvalue weighted by Gasteiger charge is 2.10. The van der Waals surface area contributed by atoms with Gasteiger partial charge < -0.3 is 5.32 Å². The lowest BCUT2D eigenvalue weighted by molar-refractivity contribution is 0.626. The third kappa shape index (κ3) is 3.56. The van der Waals surface area contributed by atoms with Crippen LogP contribution in [0.5, 0.6) is 0 Å². The Hall–Kier alpha value is -0.840. The fraction of sp³-hybridized carbons (Fsp3) is 0.231. The molecule has 90 valence electrons. The summed E-state index contributed by atoms with van der Waals surface area (Å²) in [6.45, 7) is 0. The Labute approximate surface area is 109 Å². The number of rotatable bonds is 5. The van der Waals surface area contributed by atoms with Crippen LogP contribution in [-0.4, -0.2) is 12.8 Å². The van der Waals surface area contributed by atoms with Gasteiger partial charge in [0.2, 0.25) is 0 Å². The molecule has 2 aromatic rings. The first kappa shape index (κ1) is 12.6. The average molecular weight is 267 g/mol. The zero-order valence-corrected chi connectivity index (χ0v) is 11.2. The van der Waals surface area contributed by atoms with Gasteiger partial charge in [-0.25, -0.2) is 4.39 Å². The van der Waals surface area contributed by atoms with Crippen molar-refractivity contribution in [3.63, 3.8) is 0 Å². The minimum absolute atomic E-state index is 0.183. The van der Waals surface area contributed by atoms with E-state index >= 15 is 0 Å². The lowest BCUT2D eigenvalue weighted by Gasteiger charge is -2.13. The smallest absolute Gasteiger partial charge is 0.123 e. The molecule has 0 aliphatic rings. The molecule has 1 atom stereocenters. The van der Waals surface area contributed by atoms with Crippen LogP contribution in [0.4, 0.5) is 4.39 Å². The lowest BCUT2D eigenvalue weighted by Crippen LogP contribution is -2.17. The molecule has 2 rings (SSSR count). The quantitative estimate of drug-likeness (QED) is 0.824. The molecular weight excluding hydrogens is 253 g/mol. The molecule has 0 saturated heterocycles. The number of thioether (sulfide) groups is 1. The summed E-state index contributed by atoms with van der Waals surface area (Å²) >= 11 is 3.49. The van der Waals surface area contributed by atoms with Crippen LogP contribution < -0.4 is 5.32 Å². The van der Waals surface area contributed by atoms with E-state index in [1.54, 1.807) is 23.1 Å². The summed E-state index contributed by atoms with van der Waals surface area (Å²) in [4.78, 5) is 2.44. The Balaban J connectivity index is 1.94. The topological polar surface area (TPSA) is 12.0 Å². The number of hydrogen-bond donors (Lipinski definition) is 1. The molecule has 0 saturated carbocycles. The Morgan fingerprint density at radius 1 is 1.29 bits per heavy atom. The van der Waals surface area contributed by atoms with E-state index in [0.717, 1.165) is 10.6 Å². The highest BCUT2D eigenvalue weighted by molar-refractivity contribution is 7.99. The van der Waals surface area contributed by atoms with Crippen LogP contribution in [0.2, 0.25) is 0 Å². The van der Waals surface area contributed by atoms with Gasteiger partial charge in [0.1, 0.15) is 5.82 Å². The molecule has 1 heterocycles. The van der Waals surface area contributed by atoms with Gasteiger partial charge in [0.15, 0.2) is 0 Å². The maximum atomic E-state index is 12.8. The molecule has 1 nitrogen and oxygen atoms in total. The molecule has 0 radical (unpaired) electrons. The fourth-order valence-electron chi connectivity index (χ4n) is 1.51. The minimum atomic E-state index is -0.183. The van der Waals surface area contributed by atoms with Gasteiger partial charge >= 0.3 is 0 Å². The molecule has 0 aliphatic heterocycles. The molecule has 1 aromatic carbocycles. The van der Waals surface area contributed by atoms with E-state index in [2.05, 4.69) is 22.8 Å². The van der Waals surface area contributed by atoms with Crippen molar-refractivity contribution in [1.29, 1.82) is 0 Å². The first-order valence-corrected chi connectivity index (χ1v) is 7.25. The Kier molecular flexibility index (Phi) is 4.59. The van der Waals surface area contributed by atoms with Crippen molar-refractivity contribution in [2.45, 2.75) is 10.9 Å². The van der Waals surface area contributed by atoms with E-state index in [1.807, 2.05) is 19.2 Å². The second-order valence-electron chi connectivity index (χ2n) is 3.62. The molecule has 0 aliphatic carbocycles. The van der Waals surface area contributed by atoms with Crippen LogP contribution in [0.3, 0.4) is 0 Å². The summed E-state index contributed by atoms with van der Waals surface area (Å²) in [5.74, 6) is 0.764. The van der Waals surface area contributed by atoms with Gasteiger partial charge in [-0.1, -0.05) is 6.07 Å². The molecule has 0 spiro atoms. The Morgan fingerprint density at radius 3 is 2.65 bits per heavy atom. The first-order valence-electron chi connectivity index (χ1n) is 5.38. The minimum Gasteiger partial charge on any atom is -0.312 e. The van der Waals surface area contributed by atoms with Crippen molar-refractivity contribution in [1.82, 2.24) is 5.32 Å². The second-order valence-corrected chi connectivity index (χ2v) is 5.69. The van der Waals surface area contributed by atoms with Gasteiger partial charge in [-0.15, -0.1) is 23.1 Å². The van der Waals surface area contributed by atoms with Crippen molar-refractivity contribution < 1.29 is 4.39 Å². The highest BCUT2D eigenvalue weighted by Crippen LogP contribution is 2.26. The van der Waals surface area contributed by atoms with Crippen molar-refractivity contribution in [3.8, 4) is 0 Å². The highest BCUT2D eigenvalue weighted by atomic mass is 32.2. The predicted molar refractivity (Wildman–Crippen MR) is 73.2 cm³/mol. The summed E-state index contributed by atoms with van der Waals surface area (Å²) in [5.41, 5.74) is 0. The SMILES string of the molecule is CNC(CSc1ccc(F)cc1)c1cccs1. The molecule has 4 heteroatoms. The van der Waals surface area contributed by atoms with Gasteiger partial charge in [-0.3, -0.25) is 0 Å². The Morgan fingerprint density at radius 2 is 2.06 bits per heavy atom. The maximum absolute atomic E-state index is 12.8. The number of hydrogen-bond acceptors (Lipinski definition) is 3. The normalized spacial score (nSPS) is 12.6. The largest absolute Gasteiger partial charge is 0.312 e. The van der Waals surface area contributed by atoms with Gasteiger partial charge in [-0.05, 0) is 42.8 Å². The molecule has 17 heavy (non-hydrogen) atoms. The molecular formula is C13H14FNS2. The van der Waals surface area contributed by atoms with E-state index in [9.17, 15) is 4.39 Å². The summed E-state index contributed by atoms with van der Waals surface area (Å²) in [5, 5.41) is 5.39. The van der Waals surface area contributed by atoms with Crippen LogP contribution in [0, 0.1) is 5.82 Å². The van der Waals surface area contributed by atoms with Crippen LogP contribution in [0.15, 0.2) is 46.7 Å². The molecule has 0 amide bonds. The van der Waals surface area contributed by atoms with Crippen molar-refractivity contribution >= 4 is 23.1 Å². The van der Waals surface area contributed by atoms with Gasteiger partial charge in [-0.2, -0.15) is 0 Å². The van der Waals surface area contributed by atoms with Gasteiger partial charge in [0, 0.05) is 15.5 Å². The van der Waals surface area contributed by atoms with Crippen LogP contribution in [0.1, 0.15) is 10.9 Å². The molecule has 0 fully saturated rings. The Bertz CT molecular complexity index is 439. The van der Waals surface area contributed by atoms with E-state index in [4.69, 9.17) is 0 Å². The summed E-state index contributed by atoms with van der Waals surface area (Å²) in [6.07, 6.45) is 0. The fourth-order valence-corrected chi connectivity index (χ4v) is 3.48. The maximum Gasteiger partial charge on any atom is 0.123 e. The second kappa shape index (κ2) is 6.19. The average Bonchev–Trinajstić information content (AvgIpc) is 2.86. The molecule has 1 aromatic heterocycles. The van der Waals surface area contributed by atoms with E-state index in [1.165, 1.54) is 17.0 Å². The van der Waals surface area contributed by atoms with Crippen LogP contribution in [-0.2, 0) is 0 Å².